The molecule has 3 rings (SSSR count). The quantitative estimate of drug-likeness (QED) is 0.643. The average molecular weight is 393 g/mol. The number of nitrogens with one attached hydrogen (secondary N) is 1. The molecule has 1 heterocycles. The smallest absolute Gasteiger partial charge is 0.234 e. The van der Waals surface area contributed by atoms with Gasteiger partial charge in [0.05, 0.1) is 21.5 Å². The van der Waals surface area contributed by atoms with E-state index in [-0.39, 0.29) is 11.7 Å². The van der Waals surface area contributed by atoms with Crippen LogP contribution >= 0.6 is 35.0 Å². The monoisotopic (exact) mass is 392 g/mol. The van der Waals surface area contributed by atoms with Crippen molar-refractivity contribution in [3.8, 4) is 5.69 Å². The second-order valence-electron chi connectivity index (χ2n) is 5.26. The first kappa shape index (κ1) is 17.8. The Bertz CT molecular complexity index is 896. The van der Waals surface area contributed by atoms with E-state index in [1.165, 1.54) is 17.3 Å². The summed E-state index contributed by atoms with van der Waals surface area (Å²) in [5.41, 5.74) is 2.60. The predicted molar refractivity (Wildman–Crippen MR) is 102 cm³/mol. The molecule has 0 aliphatic heterocycles. The fraction of sp³-hybridized carbons (Fsp3) is 0.118. The maximum atomic E-state index is 12.2. The highest BCUT2D eigenvalue weighted by Crippen LogP contribution is 2.29. The van der Waals surface area contributed by atoms with E-state index in [0.717, 1.165) is 5.69 Å². The van der Waals surface area contributed by atoms with Crippen LogP contribution in [0.2, 0.25) is 10.0 Å². The lowest BCUT2D eigenvalue weighted by molar-refractivity contribution is -0.113. The van der Waals surface area contributed by atoms with E-state index in [1.807, 2.05) is 35.8 Å². The molecule has 5 nitrogen and oxygen atoms in total. The van der Waals surface area contributed by atoms with Gasteiger partial charge in [-0.15, -0.1) is 10.2 Å². The fourth-order valence-corrected chi connectivity index (χ4v) is 3.20. The summed E-state index contributed by atoms with van der Waals surface area (Å²) in [7, 11) is 0. The van der Waals surface area contributed by atoms with Crippen LogP contribution in [0.25, 0.3) is 5.69 Å². The Morgan fingerprint density at radius 2 is 1.96 bits per heavy atom. The molecule has 1 N–H and O–H groups in total. The van der Waals surface area contributed by atoms with E-state index in [1.54, 1.807) is 24.5 Å². The first-order chi connectivity index (χ1) is 12.0. The molecule has 0 aliphatic carbocycles. The zero-order chi connectivity index (χ0) is 17.8. The van der Waals surface area contributed by atoms with Crippen molar-refractivity contribution in [3.05, 3.63) is 64.4 Å². The van der Waals surface area contributed by atoms with Gasteiger partial charge < -0.3 is 5.32 Å². The van der Waals surface area contributed by atoms with Gasteiger partial charge in [-0.1, -0.05) is 58.7 Å². The number of rotatable bonds is 5. The maximum absolute atomic E-state index is 12.2. The number of nitrogens with zero attached hydrogens (tertiary/aromatic N) is 3. The SMILES string of the molecule is Cc1ccc(-n2cnnc2SCC(=O)Nc2cccc(Cl)c2Cl)cc1. The van der Waals surface area contributed by atoms with E-state index in [4.69, 9.17) is 23.2 Å². The molecule has 25 heavy (non-hydrogen) atoms. The van der Waals surface area contributed by atoms with Crippen LogP contribution in [0.3, 0.4) is 0 Å². The van der Waals surface area contributed by atoms with Gasteiger partial charge in [-0.2, -0.15) is 0 Å². The molecule has 1 aromatic heterocycles. The Labute approximate surface area is 159 Å². The summed E-state index contributed by atoms with van der Waals surface area (Å²) in [5, 5.41) is 12.1. The Morgan fingerprint density at radius 3 is 2.72 bits per heavy atom. The van der Waals surface area contributed by atoms with Gasteiger partial charge in [-0.05, 0) is 31.2 Å². The van der Waals surface area contributed by atoms with Crippen LogP contribution in [-0.2, 0) is 4.79 Å². The summed E-state index contributed by atoms with van der Waals surface area (Å²) < 4.78 is 1.84. The lowest BCUT2D eigenvalue weighted by Gasteiger charge is -2.09. The van der Waals surface area contributed by atoms with Crippen LogP contribution in [0.15, 0.2) is 53.9 Å². The van der Waals surface area contributed by atoms with Crippen molar-refractivity contribution in [2.45, 2.75) is 12.1 Å². The molecular formula is C17H14Cl2N4OS. The number of amides is 1. The highest BCUT2D eigenvalue weighted by Gasteiger charge is 2.12. The van der Waals surface area contributed by atoms with Gasteiger partial charge in [0.1, 0.15) is 6.33 Å². The molecule has 0 unspecified atom stereocenters. The highest BCUT2D eigenvalue weighted by atomic mass is 35.5. The summed E-state index contributed by atoms with van der Waals surface area (Å²) in [6.45, 7) is 2.02. The first-order valence-electron chi connectivity index (χ1n) is 7.38. The van der Waals surface area contributed by atoms with Crippen molar-refractivity contribution in [2.75, 3.05) is 11.1 Å². The van der Waals surface area contributed by atoms with E-state index < -0.39 is 0 Å². The van der Waals surface area contributed by atoms with Crippen molar-refractivity contribution in [1.29, 1.82) is 0 Å². The van der Waals surface area contributed by atoms with Gasteiger partial charge in [0.15, 0.2) is 5.16 Å². The maximum Gasteiger partial charge on any atom is 0.234 e. The van der Waals surface area contributed by atoms with Crippen LogP contribution in [-0.4, -0.2) is 26.4 Å². The Balaban J connectivity index is 1.66. The van der Waals surface area contributed by atoms with Crippen molar-refractivity contribution in [1.82, 2.24) is 14.8 Å². The van der Waals surface area contributed by atoms with Crippen molar-refractivity contribution in [3.63, 3.8) is 0 Å². The van der Waals surface area contributed by atoms with E-state index in [0.29, 0.717) is 20.9 Å². The molecule has 1 amide bonds. The molecule has 3 aromatic rings. The number of aromatic nitrogens is 3. The topological polar surface area (TPSA) is 59.8 Å². The molecule has 0 spiro atoms. The van der Waals surface area contributed by atoms with Gasteiger partial charge >= 0.3 is 0 Å². The van der Waals surface area contributed by atoms with Gasteiger partial charge in [0.2, 0.25) is 5.91 Å². The van der Waals surface area contributed by atoms with Gasteiger partial charge in [0.25, 0.3) is 0 Å². The molecular weight excluding hydrogens is 379 g/mol. The number of anilines is 1. The van der Waals surface area contributed by atoms with E-state index >= 15 is 0 Å². The molecule has 8 heteroatoms. The van der Waals surface area contributed by atoms with Gasteiger partial charge in [-0.3, -0.25) is 9.36 Å². The number of thioether (sulfide) groups is 1. The third-order valence-corrected chi connectivity index (χ3v) is 5.15. The van der Waals surface area contributed by atoms with E-state index in [2.05, 4.69) is 15.5 Å². The standard InChI is InChI=1S/C17H14Cl2N4OS/c1-11-5-7-12(8-6-11)23-10-20-22-17(23)25-9-15(24)21-14-4-2-3-13(18)16(14)19/h2-8,10H,9H2,1H3,(H,21,24). The lowest BCUT2D eigenvalue weighted by atomic mass is 10.2. The summed E-state index contributed by atoms with van der Waals surface area (Å²) in [5.74, 6) is -0.0273. The third-order valence-electron chi connectivity index (χ3n) is 3.39. The predicted octanol–water partition coefficient (Wildman–Crippen LogP) is 4.61. The second-order valence-corrected chi connectivity index (χ2v) is 6.98. The zero-order valence-corrected chi connectivity index (χ0v) is 15.6. The Hall–Kier alpha value is -2.02. The van der Waals surface area contributed by atoms with Crippen molar-refractivity contribution >= 4 is 46.6 Å². The normalized spacial score (nSPS) is 10.7. The summed E-state index contributed by atoms with van der Waals surface area (Å²) in [6.07, 6.45) is 1.62. The minimum atomic E-state index is -0.201. The molecule has 0 radical (unpaired) electrons. The molecule has 0 aliphatic rings. The molecule has 128 valence electrons. The number of benzene rings is 2. The summed E-state index contributed by atoms with van der Waals surface area (Å²) in [6, 6.07) is 13.1. The summed E-state index contributed by atoms with van der Waals surface area (Å²) >= 11 is 13.3. The molecule has 0 bridgehead atoms. The number of carbonyl (C=O) groups excluding carboxylic acids is 1. The van der Waals surface area contributed by atoms with Crippen LogP contribution < -0.4 is 5.32 Å². The zero-order valence-electron chi connectivity index (χ0n) is 13.2. The highest BCUT2D eigenvalue weighted by molar-refractivity contribution is 7.99. The summed E-state index contributed by atoms with van der Waals surface area (Å²) in [4.78, 5) is 12.2. The molecule has 0 saturated carbocycles. The van der Waals surface area contributed by atoms with Crippen molar-refractivity contribution in [2.24, 2.45) is 0 Å². The van der Waals surface area contributed by atoms with Crippen molar-refractivity contribution < 1.29 is 4.79 Å². The van der Waals surface area contributed by atoms with E-state index in [9.17, 15) is 4.79 Å². The van der Waals surface area contributed by atoms with Crippen LogP contribution in [0.4, 0.5) is 5.69 Å². The van der Waals surface area contributed by atoms with Gasteiger partial charge in [-0.25, -0.2) is 0 Å². The molecule has 0 saturated heterocycles. The van der Waals surface area contributed by atoms with Crippen LogP contribution in [0.1, 0.15) is 5.56 Å². The average Bonchev–Trinajstić information content (AvgIpc) is 3.06. The number of hydrogen-bond acceptors (Lipinski definition) is 4. The largest absolute Gasteiger partial charge is 0.324 e. The number of aryl methyl sites for hydroxylation is 1. The lowest BCUT2D eigenvalue weighted by Crippen LogP contribution is -2.14. The number of halogens is 2. The Kier molecular flexibility index (Phi) is 5.63. The van der Waals surface area contributed by atoms with Crippen LogP contribution in [0.5, 0.6) is 0 Å². The van der Waals surface area contributed by atoms with Gasteiger partial charge in [0, 0.05) is 5.69 Å². The van der Waals surface area contributed by atoms with Crippen LogP contribution in [0, 0.1) is 6.92 Å². The second kappa shape index (κ2) is 7.91. The third kappa shape index (κ3) is 4.34. The molecule has 0 atom stereocenters. The molecule has 0 fully saturated rings. The minimum Gasteiger partial charge on any atom is -0.324 e. The number of carbonyl (C=O) groups is 1. The number of hydrogen-bond donors (Lipinski definition) is 1. The Morgan fingerprint density at radius 1 is 1.20 bits per heavy atom. The minimum absolute atomic E-state index is 0.174. The fourth-order valence-electron chi connectivity index (χ4n) is 2.12. The molecule has 2 aromatic carbocycles. The first-order valence-corrected chi connectivity index (χ1v) is 9.12.